The fourth-order valence-corrected chi connectivity index (χ4v) is 3.02. The fourth-order valence-electron chi connectivity index (χ4n) is 3.02. The highest BCUT2D eigenvalue weighted by molar-refractivity contribution is 6.07. The van der Waals surface area contributed by atoms with Crippen molar-refractivity contribution in [3.05, 3.63) is 65.0 Å². The normalized spacial score (nSPS) is 11.0. The predicted molar refractivity (Wildman–Crippen MR) is 103 cm³/mol. The molecule has 26 heavy (non-hydrogen) atoms. The molecule has 0 aliphatic heterocycles. The summed E-state index contributed by atoms with van der Waals surface area (Å²) in [7, 11) is 0. The zero-order valence-electron chi connectivity index (χ0n) is 15.3. The highest BCUT2D eigenvalue weighted by Gasteiger charge is 2.23. The molecule has 0 radical (unpaired) electrons. The van der Waals surface area contributed by atoms with Crippen molar-refractivity contribution in [2.75, 3.05) is 5.32 Å². The lowest BCUT2D eigenvalue weighted by molar-refractivity contribution is 0.0376. The molecule has 0 fully saturated rings. The zero-order chi connectivity index (χ0) is 18.8. The SMILES string of the molecule is Cc1[nH]c(C(=O)Nc2ccc3ccccc3c2)c(C)c1C(=O)OC(C)C. The molecule has 0 aliphatic rings. The number of carbonyl (C=O) groups excluding carboxylic acids is 2. The second-order valence-electron chi connectivity index (χ2n) is 6.60. The van der Waals surface area contributed by atoms with Crippen LogP contribution in [0.2, 0.25) is 0 Å². The van der Waals surface area contributed by atoms with E-state index in [4.69, 9.17) is 4.74 Å². The van der Waals surface area contributed by atoms with Crippen LogP contribution in [-0.2, 0) is 4.74 Å². The molecule has 0 saturated heterocycles. The van der Waals surface area contributed by atoms with Crippen LogP contribution in [0.4, 0.5) is 5.69 Å². The number of aromatic amines is 1. The summed E-state index contributed by atoms with van der Waals surface area (Å²) >= 11 is 0. The van der Waals surface area contributed by atoms with Crippen LogP contribution in [0.25, 0.3) is 10.8 Å². The molecule has 0 bridgehead atoms. The van der Waals surface area contributed by atoms with Crippen molar-refractivity contribution in [3.63, 3.8) is 0 Å². The molecular formula is C21H22N2O3. The monoisotopic (exact) mass is 350 g/mol. The standard InChI is InChI=1S/C21H22N2O3/c1-12(2)26-21(25)18-13(3)19(22-14(18)4)20(24)23-17-10-9-15-7-5-6-8-16(15)11-17/h5-12,22H,1-4H3,(H,23,24). The first-order valence-corrected chi connectivity index (χ1v) is 8.57. The minimum atomic E-state index is -0.420. The van der Waals surface area contributed by atoms with Crippen LogP contribution in [0.5, 0.6) is 0 Å². The third-order valence-corrected chi connectivity index (χ3v) is 4.22. The molecule has 1 heterocycles. The number of esters is 1. The van der Waals surface area contributed by atoms with E-state index >= 15 is 0 Å². The molecule has 3 rings (SSSR count). The van der Waals surface area contributed by atoms with Crippen LogP contribution in [0, 0.1) is 13.8 Å². The van der Waals surface area contributed by atoms with Crippen LogP contribution in [-0.4, -0.2) is 23.0 Å². The number of ether oxygens (including phenoxy) is 1. The Morgan fingerprint density at radius 1 is 1.04 bits per heavy atom. The summed E-state index contributed by atoms with van der Waals surface area (Å²) in [6.07, 6.45) is -0.217. The number of fused-ring (bicyclic) bond motifs is 1. The molecule has 1 aromatic heterocycles. The van der Waals surface area contributed by atoms with E-state index in [2.05, 4.69) is 10.3 Å². The lowest BCUT2D eigenvalue weighted by atomic mass is 10.1. The van der Waals surface area contributed by atoms with Gasteiger partial charge < -0.3 is 15.0 Å². The molecule has 2 N–H and O–H groups in total. The molecule has 1 amide bonds. The van der Waals surface area contributed by atoms with E-state index < -0.39 is 5.97 Å². The molecule has 0 saturated carbocycles. The summed E-state index contributed by atoms with van der Waals surface area (Å²) in [5.41, 5.74) is 2.70. The number of nitrogens with one attached hydrogen (secondary N) is 2. The topological polar surface area (TPSA) is 71.2 Å². The van der Waals surface area contributed by atoms with Gasteiger partial charge in [0.1, 0.15) is 5.69 Å². The van der Waals surface area contributed by atoms with Gasteiger partial charge in [-0.2, -0.15) is 0 Å². The Kier molecular flexibility index (Phi) is 4.80. The van der Waals surface area contributed by atoms with Crippen molar-refractivity contribution >= 4 is 28.3 Å². The Morgan fingerprint density at radius 2 is 1.73 bits per heavy atom. The van der Waals surface area contributed by atoms with Crippen molar-refractivity contribution < 1.29 is 14.3 Å². The number of amides is 1. The van der Waals surface area contributed by atoms with E-state index in [9.17, 15) is 9.59 Å². The van der Waals surface area contributed by atoms with Crippen LogP contribution >= 0.6 is 0 Å². The van der Waals surface area contributed by atoms with Gasteiger partial charge in [0.25, 0.3) is 5.91 Å². The second-order valence-corrected chi connectivity index (χ2v) is 6.60. The van der Waals surface area contributed by atoms with Crippen LogP contribution in [0.1, 0.15) is 46.0 Å². The fraction of sp³-hybridized carbons (Fsp3) is 0.238. The number of aryl methyl sites for hydroxylation is 1. The summed E-state index contributed by atoms with van der Waals surface area (Å²) in [5, 5.41) is 5.04. The largest absolute Gasteiger partial charge is 0.459 e. The highest BCUT2D eigenvalue weighted by atomic mass is 16.5. The molecule has 5 heteroatoms. The molecule has 3 aromatic rings. The number of hydrogen-bond acceptors (Lipinski definition) is 3. The molecule has 0 atom stereocenters. The average molecular weight is 350 g/mol. The van der Waals surface area contributed by atoms with E-state index in [1.807, 2.05) is 42.5 Å². The minimum absolute atomic E-state index is 0.217. The first-order chi connectivity index (χ1) is 12.4. The number of benzene rings is 2. The van der Waals surface area contributed by atoms with E-state index in [-0.39, 0.29) is 12.0 Å². The van der Waals surface area contributed by atoms with Crippen LogP contribution in [0.3, 0.4) is 0 Å². The Labute approximate surface area is 152 Å². The minimum Gasteiger partial charge on any atom is -0.459 e. The number of aromatic nitrogens is 1. The smallest absolute Gasteiger partial charge is 0.340 e. The van der Waals surface area contributed by atoms with Gasteiger partial charge in [-0.05, 0) is 56.2 Å². The van der Waals surface area contributed by atoms with E-state index in [1.165, 1.54) is 0 Å². The maximum Gasteiger partial charge on any atom is 0.340 e. The molecule has 134 valence electrons. The van der Waals surface area contributed by atoms with Gasteiger partial charge in [-0.3, -0.25) is 4.79 Å². The number of hydrogen-bond donors (Lipinski definition) is 2. The van der Waals surface area contributed by atoms with E-state index in [1.54, 1.807) is 27.7 Å². The first-order valence-electron chi connectivity index (χ1n) is 8.57. The summed E-state index contributed by atoms with van der Waals surface area (Å²) in [4.78, 5) is 28.0. The molecule has 0 unspecified atom stereocenters. The van der Waals surface area contributed by atoms with Crippen molar-refractivity contribution in [2.45, 2.75) is 33.8 Å². The van der Waals surface area contributed by atoms with Gasteiger partial charge in [0.2, 0.25) is 0 Å². The number of H-pyrrole nitrogens is 1. The highest BCUT2D eigenvalue weighted by Crippen LogP contribution is 2.22. The Bertz CT molecular complexity index is 986. The van der Waals surface area contributed by atoms with Gasteiger partial charge in [0, 0.05) is 11.4 Å². The van der Waals surface area contributed by atoms with E-state index in [0.717, 1.165) is 10.8 Å². The molecule has 0 spiro atoms. The number of anilines is 1. The average Bonchev–Trinajstić information content (AvgIpc) is 2.88. The van der Waals surface area contributed by atoms with Gasteiger partial charge in [0.15, 0.2) is 0 Å². The van der Waals surface area contributed by atoms with E-state index in [0.29, 0.717) is 28.2 Å². The summed E-state index contributed by atoms with van der Waals surface area (Å²) in [6.45, 7) is 7.09. The van der Waals surface area contributed by atoms with Gasteiger partial charge >= 0.3 is 5.97 Å². The maximum atomic E-state index is 12.7. The van der Waals surface area contributed by atoms with Gasteiger partial charge in [-0.1, -0.05) is 30.3 Å². The molecule has 0 aliphatic carbocycles. The third-order valence-electron chi connectivity index (χ3n) is 4.22. The van der Waals surface area contributed by atoms with Crippen molar-refractivity contribution in [3.8, 4) is 0 Å². The zero-order valence-corrected chi connectivity index (χ0v) is 15.3. The first kappa shape index (κ1) is 17.7. The summed E-state index contributed by atoms with van der Waals surface area (Å²) < 4.78 is 5.27. The predicted octanol–water partition coefficient (Wildman–Crippen LogP) is 4.60. The van der Waals surface area contributed by atoms with Gasteiger partial charge in [-0.15, -0.1) is 0 Å². The van der Waals surface area contributed by atoms with Crippen molar-refractivity contribution in [2.24, 2.45) is 0 Å². The van der Waals surface area contributed by atoms with Crippen LogP contribution < -0.4 is 5.32 Å². The van der Waals surface area contributed by atoms with Crippen molar-refractivity contribution in [1.29, 1.82) is 0 Å². The Morgan fingerprint density at radius 3 is 2.42 bits per heavy atom. The van der Waals surface area contributed by atoms with Crippen molar-refractivity contribution in [1.82, 2.24) is 4.98 Å². The number of rotatable bonds is 4. The van der Waals surface area contributed by atoms with Gasteiger partial charge in [-0.25, -0.2) is 4.79 Å². The lowest BCUT2D eigenvalue weighted by Gasteiger charge is -2.08. The Hall–Kier alpha value is -3.08. The molecule has 2 aromatic carbocycles. The second kappa shape index (κ2) is 7.04. The Balaban J connectivity index is 1.86. The molecule has 5 nitrogen and oxygen atoms in total. The summed E-state index contributed by atoms with van der Waals surface area (Å²) in [5.74, 6) is -0.708. The van der Waals surface area contributed by atoms with Crippen LogP contribution in [0.15, 0.2) is 42.5 Å². The molecular weight excluding hydrogens is 328 g/mol. The quantitative estimate of drug-likeness (QED) is 0.675. The number of carbonyl (C=O) groups is 2. The summed E-state index contributed by atoms with van der Waals surface area (Å²) in [6, 6.07) is 13.7. The maximum absolute atomic E-state index is 12.7. The third kappa shape index (κ3) is 3.47. The van der Waals surface area contributed by atoms with Gasteiger partial charge in [0.05, 0.1) is 11.7 Å². The lowest BCUT2D eigenvalue weighted by Crippen LogP contribution is -2.15.